The fourth-order valence-electron chi connectivity index (χ4n) is 2.08. The fraction of sp³-hybridized carbons (Fsp3) is 0.400. The smallest absolute Gasteiger partial charge is 0.299 e. The first-order valence-electron chi connectivity index (χ1n) is 8.18. The molecule has 2 saturated carbocycles. The van der Waals surface area contributed by atoms with Crippen molar-refractivity contribution in [1.82, 2.24) is 0 Å². The summed E-state index contributed by atoms with van der Waals surface area (Å²) in [7, 11) is 0. The van der Waals surface area contributed by atoms with E-state index >= 15 is 0 Å². The van der Waals surface area contributed by atoms with Crippen molar-refractivity contribution in [2.75, 3.05) is 0 Å². The molecule has 0 unspecified atom stereocenters. The van der Waals surface area contributed by atoms with E-state index in [2.05, 4.69) is 13.8 Å². The molecule has 0 heterocycles. The monoisotopic (exact) mass is 400 g/mol. The van der Waals surface area contributed by atoms with Gasteiger partial charge in [-0.3, -0.25) is 9.59 Å². The van der Waals surface area contributed by atoms with Crippen molar-refractivity contribution < 1.29 is 29.1 Å². The van der Waals surface area contributed by atoms with Gasteiger partial charge in [0.05, 0.1) is 0 Å². The molecule has 2 fully saturated rings. The zero-order chi connectivity index (χ0) is 16.2. The van der Waals surface area contributed by atoms with Crippen LogP contribution in [0.4, 0.5) is 0 Å². The van der Waals surface area contributed by atoms with E-state index in [4.69, 9.17) is 0 Å². The van der Waals surface area contributed by atoms with E-state index in [1.165, 1.54) is 0 Å². The van der Waals surface area contributed by atoms with Gasteiger partial charge in [-0.15, -0.1) is 0 Å². The molecule has 0 aromatic rings. The summed E-state index contributed by atoms with van der Waals surface area (Å²) < 4.78 is 0. The van der Waals surface area contributed by atoms with Gasteiger partial charge in [-0.25, -0.2) is 0 Å². The molecule has 0 atom stereocenters. The molecule has 2 aliphatic rings. The van der Waals surface area contributed by atoms with Crippen LogP contribution in [0, 0.1) is 63.2 Å². The predicted molar refractivity (Wildman–Crippen MR) is 90.0 cm³/mol. The molecule has 10 radical (unpaired) electrons. The van der Waals surface area contributed by atoms with Crippen LogP contribution in [0.2, 0.25) is 0 Å². The van der Waals surface area contributed by atoms with E-state index in [0.29, 0.717) is 12.8 Å². The minimum Gasteiger partial charge on any atom is -0.299 e. The molecule has 2 nitrogen and oxygen atoms in total. The van der Waals surface area contributed by atoms with Gasteiger partial charge in [0.25, 0.3) is 0 Å². The molecule has 2 rings (SSSR count). The summed E-state index contributed by atoms with van der Waals surface area (Å²) in [5, 5.41) is 0. The molecular weight excluding hydrogens is 373 g/mol. The molecule has 0 aliphatic heterocycles. The van der Waals surface area contributed by atoms with Crippen LogP contribution in [-0.2, 0) is 29.1 Å². The SMILES string of the molecule is CCCCC(=O)[C]1[CH][CH][CH][CH]1.CCCCC(=O)[C]1[CH][CH][CH][CH]1.[Ru+2]. The van der Waals surface area contributed by atoms with Crippen LogP contribution >= 0.6 is 0 Å². The Morgan fingerprint density at radius 1 is 0.696 bits per heavy atom. The molecule has 0 aromatic heterocycles. The molecule has 0 spiro atoms. The van der Waals surface area contributed by atoms with Crippen LogP contribution in [0.25, 0.3) is 0 Å². The summed E-state index contributed by atoms with van der Waals surface area (Å²) in [5.74, 6) is 2.27. The molecule has 0 N–H and O–H groups in total. The third kappa shape index (κ3) is 9.75. The third-order valence-electron chi connectivity index (χ3n) is 3.48. The van der Waals surface area contributed by atoms with E-state index in [-0.39, 0.29) is 31.0 Å². The van der Waals surface area contributed by atoms with Crippen LogP contribution in [0.5, 0.6) is 0 Å². The number of hydrogen-bond acceptors (Lipinski definition) is 2. The maximum atomic E-state index is 11.3. The molecule has 0 saturated heterocycles. The van der Waals surface area contributed by atoms with Gasteiger partial charge in [0.1, 0.15) is 11.6 Å². The Kier molecular flexibility index (Phi) is 14.3. The van der Waals surface area contributed by atoms with Gasteiger partial charge < -0.3 is 0 Å². The van der Waals surface area contributed by atoms with Crippen LogP contribution < -0.4 is 0 Å². The second-order valence-electron chi connectivity index (χ2n) is 5.40. The third-order valence-corrected chi connectivity index (χ3v) is 3.48. The summed E-state index contributed by atoms with van der Waals surface area (Å²) >= 11 is 0. The normalized spacial score (nSPS) is 18.2. The first-order valence-corrected chi connectivity index (χ1v) is 8.18. The van der Waals surface area contributed by atoms with Crippen LogP contribution in [-0.4, -0.2) is 11.6 Å². The van der Waals surface area contributed by atoms with E-state index < -0.39 is 0 Å². The zero-order valence-electron chi connectivity index (χ0n) is 14.0. The number of unbranched alkanes of at least 4 members (excludes halogenated alkanes) is 2. The van der Waals surface area contributed by atoms with Crippen molar-refractivity contribution in [3.63, 3.8) is 0 Å². The minimum absolute atomic E-state index is 0. The number of carbonyl (C=O) groups excluding carboxylic acids is 2. The van der Waals surface area contributed by atoms with Crippen LogP contribution in [0.15, 0.2) is 0 Å². The summed E-state index contributed by atoms with van der Waals surface area (Å²) in [4.78, 5) is 22.5. The van der Waals surface area contributed by atoms with Crippen LogP contribution in [0.1, 0.15) is 52.4 Å². The Morgan fingerprint density at radius 3 is 1.26 bits per heavy atom. The van der Waals surface area contributed by atoms with Crippen molar-refractivity contribution in [3.8, 4) is 0 Å². The van der Waals surface area contributed by atoms with Crippen molar-refractivity contribution in [1.29, 1.82) is 0 Å². The first kappa shape index (κ1) is 23.0. The average molecular weight is 399 g/mol. The zero-order valence-corrected chi connectivity index (χ0v) is 15.8. The number of hydrogen-bond donors (Lipinski definition) is 0. The van der Waals surface area contributed by atoms with E-state index in [9.17, 15) is 9.59 Å². The molecule has 0 bridgehead atoms. The van der Waals surface area contributed by atoms with Gasteiger partial charge in [0, 0.05) is 24.7 Å². The summed E-state index contributed by atoms with van der Waals surface area (Å²) in [6, 6.07) is 0. The molecule has 2 aliphatic carbocycles. The Hall–Kier alpha value is -0.0366. The number of carbonyl (C=O) groups is 2. The average Bonchev–Trinajstić information content (AvgIpc) is 3.23. The summed E-state index contributed by atoms with van der Waals surface area (Å²) in [5.41, 5.74) is 0. The molecular formula is C20H26O2Ru+2. The second-order valence-corrected chi connectivity index (χ2v) is 5.40. The quantitative estimate of drug-likeness (QED) is 0.571. The topological polar surface area (TPSA) is 34.1 Å². The minimum atomic E-state index is 0. The van der Waals surface area contributed by atoms with E-state index in [1.807, 2.05) is 51.4 Å². The fourth-order valence-corrected chi connectivity index (χ4v) is 2.08. The van der Waals surface area contributed by atoms with Gasteiger partial charge in [-0.1, -0.05) is 26.7 Å². The van der Waals surface area contributed by atoms with Crippen molar-refractivity contribution in [3.05, 3.63) is 63.2 Å². The second kappa shape index (κ2) is 14.3. The van der Waals surface area contributed by atoms with Crippen molar-refractivity contribution >= 4 is 11.6 Å². The molecule has 0 amide bonds. The Bertz CT molecular complexity index is 284. The molecule has 124 valence electrons. The number of Topliss-reactive ketones (excluding diaryl/α,β-unsaturated/α-hetero) is 2. The van der Waals surface area contributed by atoms with Gasteiger partial charge in [-0.2, -0.15) is 0 Å². The Labute approximate surface area is 156 Å². The van der Waals surface area contributed by atoms with E-state index in [0.717, 1.165) is 37.5 Å². The summed E-state index contributed by atoms with van der Waals surface area (Å²) in [6.45, 7) is 4.19. The first-order chi connectivity index (χ1) is 10.7. The van der Waals surface area contributed by atoms with Gasteiger partial charge in [-0.05, 0) is 64.2 Å². The van der Waals surface area contributed by atoms with Crippen molar-refractivity contribution in [2.24, 2.45) is 0 Å². The number of ketones is 2. The molecule has 23 heavy (non-hydrogen) atoms. The number of rotatable bonds is 8. The summed E-state index contributed by atoms with van der Waals surface area (Å²) in [6.07, 6.45) is 20.7. The van der Waals surface area contributed by atoms with Gasteiger partial charge in [0.15, 0.2) is 0 Å². The maximum Gasteiger partial charge on any atom is 2.00 e. The van der Waals surface area contributed by atoms with E-state index in [1.54, 1.807) is 0 Å². The maximum absolute atomic E-state index is 11.3. The van der Waals surface area contributed by atoms with Crippen LogP contribution in [0.3, 0.4) is 0 Å². The van der Waals surface area contributed by atoms with Gasteiger partial charge >= 0.3 is 19.5 Å². The Morgan fingerprint density at radius 2 is 1.00 bits per heavy atom. The largest absolute Gasteiger partial charge is 2.00 e. The predicted octanol–water partition coefficient (Wildman–Crippen LogP) is 4.30. The standard InChI is InChI=1S/2C10H13O.Ru/c2*1-2-3-8-10(11)9-6-4-5-7-9;/h2*4-7H,2-3,8H2,1H3;/q;;+2. The molecule has 0 aromatic carbocycles. The van der Waals surface area contributed by atoms with Gasteiger partial charge in [0.2, 0.25) is 0 Å². The van der Waals surface area contributed by atoms with Crippen molar-refractivity contribution in [2.45, 2.75) is 52.4 Å². The molecule has 3 heteroatoms. The Balaban J connectivity index is 0.000000403.